The van der Waals surface area contributed by atoms with Gasteiger partial charge in [0.15, 0.2) is 0 Å². The molecule has 3 N–H and O–H groups in total. The van der Waals surface area contributed by atoms with Crippen LogP contribution in [-0.4, -0.2) is 30.4 Å². The van der Waals surface area contributed by atoms with Crippen molar-refractivity contribution in [2.45, 2.75) is 25.3 Å². The van der Waals surface area contributed by atoms with Gasteiger partial charge in [0, 0.05) is 13.0 Å². The highest BCUT2D eigenvalue weighted by molar-refractivity contribution is 6.04. The monoisotopic (exact) mass is 275 g/mol. The number of rotatable bonds is 6. The van der Waals surface area contributed by atoms with Crippen LogP contribution in [-0.2, 0) is 16.0 Å². The fourth-order valence-corrected chi connectivity index (χ4v) is 2.02. The van der Waals surface area contributed by atoms with Crippen molar-refractivity contribution in [1.29, 1.82) is 0 Å². The molecule has 1 heterocycles. The van der Waals surface area contributed by atoms with E-state index in [9.17, 15) is 14.4 Å². The van der Waals surface area contributed by atoms with Crippen molar-refractivity contribution >= 4 is 17.8 Å². The highest BCUT2D eigenvalue weighted by Crippen LogP contribution is 2.03. The van der Waals surface area contributed by atoms with Gasteiger partial charge in [-0.1, -0.05) is 30.3 Å². The van der Waals surface area contributed by atoms with E-state index in [2.05, 4.69) is 16.0 Å². The second kappa shape index (κ2) is 6.70. The Bertz CT molecular complexity index is 502. The largest absolute Gasteiger partial charge is 0.356 e. The molecule has 0 unspecified atom stereocenters. The molecular formula is C14H17N3O3. The molecule has 2 rings (SSSR count). The first-order valence-corrected chi connectivity index (χ1v) is 6.57. The van der Waals surface area contributed by atoms with Gasteiger partial charge >= 0.3 is 6.03 Å². The van der Waals surface area contributed by atoms with Gasteiger partial charge in [-0.2, -0.15) is 0 Å². The van der Waals surface area contributed by atoms with E-state index in [1.807, 2.05) is 30.3 Å². The summed E-state index contributed by atoms with van der Waals surface area (Å²) in [5.41, 5.74) is 1.16. The third-order valence-corrected chi connectivity index (χ3v) is 3.10. The van der Waals surface area contributed by atoms with Gasteiger partial charge in [0.25, 0.3) is 5.91 Å². The molecule has 6 nitrogen and oxygen atoms in total. The van der Waals surface area contributed by atoms with Crippen LogP contribution >= 0.6 is 0 Å². The summed E-state index contributed by atoms with van der Waals surface area (Å²) in [7, 11) is 0. The molecule has 1 saturated heterocycles. The van der Waals surface area contributed by atoms with Gasteiger partial charge in [-0.3, -0.25) is 14.9 Å². The van der Waals surface area contributed by atoms with Crippen LogP contribution in [0.4, 0.5) is 4.79 Å². The molecule has 6 heteroatoms. The third kappa shape index (κ3) is 4.08. The predicted octanol–water partition coefficient (Wildman–Crippen LogP) is 0.334. The molecule has 20 heavy (non-hydrogen) atoms. The van der Waals surface area contributed by atoms with Gasteiger partial charge in [0.05, 0.1) is 0 Å². The molecule has 0 bridgehead atoms. The number of urea groups is 1. The molecule has 1 aromatic rings. The molecule has 1 aliphatic rings. The van der Waals surface area contributed by atoms with Gasteiger partial charge in [0.2, 0.25) is 5.91 Å². The molecule has 1 aliphatic heterocycles. The highest BCUT2D eigenvalue weighted by Gasteiger charge is 2.29. The zero-order chi connectivity index (χ0) is 14.4. The Balaban J connectivity index is 1.63. The Kier molecular flexibility index (Phi) is 4.70. The highest BCUT2D eigenvalue weighted by atomic mass is 16.2. The minimum Gasteiger partial charge on any atom is -0.356 e. The summed E-state index contributed by atoms with van der Waals surface area (Å²) in [4.78, 5) is 33.8. The quantitative estimate of drug-likeness (QED) is 0.654. The molecule has 0 spiro atoms. The van der Waals surface area contributed by atoms with Gasteiger partial charge in [-0.05, 0) is 18.4 Å². The van der Waals surface area contributed by atoms with Crippen LogP contribution in [0.15, 0.2) is 30.3 Å². The van der Waals surface area contributed by atoms with Crippen LogP contribution in [0.5, 0.6) is 0 Å². The van der Waals surface area contributed by atoms with Crippen LogP contribution < -0.4 is 16.0 Å². The van der Waals surface area contributed by atoms with Crippen molar-refractivity contribution < 1.29 is 14.4 Å². The van der Waals surface area contributed by atoms with Gasteiger partial charge in [0.1, 0.15) is 6.04 Å². The van der Waals surface area contributed by atoms with E-state index in [1.54, 1.807) is 0 Å². The summed E-state index contributed by atoms with van der Waals surface area (Å²) < 4.78 is 0. The number of carbonyl (C=O) groups is 3. The lowest BCUT2D eigenvalue weighted by atomic mass is 10.1. The van der Waals surface area contributed by atoms with Crippen molar-refractivity contribution in [2.75, 3.05) is 6.54 Å². The van der Waals surface area contributed by atoms with Gasteiger partial charge < -0.3 is 10.6 Å². The maximum absolute atomic E-state index is 11.6. The third-order valence-electron chi connectivity index (χ3n) is 3.10. The molecule has 0 aromatic heterocycles. The van der Waals surface area contributed by atoms with Crippen LogP contribution in [0.3, 0.4) is 0 Å². The van der Waals surface area contributed by atoms with Crippen molar-refractivity contribution in [1.82, 2.24) is 16.0 Å². The molecule has 106 valence electrons. The fourth-order valence-electron chi connectivity index (χ4n) is 2.02. The molecule has 1 aromatic carbocycles. The Morgan fingerprint density at radius 3 is 2.60 bits per heavy atom. The van der Waals surface area contributed by atoms with Gasteiger partial charge in [-0.15, -0.1) is 0 Å². The molecule has 0 saturated carbocycles. The van der Waals surface area contributed by atoms with Gasteiger partial charge in [-0.25, -0.2) is 4.79 Å². The molecule has 0 radical (unpaired) electrons. The average Bonchev–Trinajstić information content (AvgIpc) is 2.76. The van der Waals surface area contributed by atoms with E-state index in [0.29, 0.717) is 13.0 Å². The summed E-state index contributed by atoms with van der Waals surface area (Å²) in [5, 5.41) is 7.39. The molecule has 4 amide bonds. The van der Waals surface area contributed by atoms with E-state index >= 15 is 0 Å². The standard InChI is InChI=1S/C14H17N3O3/c18-12(7-6-11-13(19)17-14(20)16-11)15-9-8-10-4-2-1-3-5-10/h1-5,11H,6-9H2,(H,15,18)(H2,16,17,19,20)/t11-/m1/s1. The Labute approximate surface area is 116 Å². The van der Waals surface area contributed by atoms with E-state index < -0.39 is 12.1 Å². The van der Waals surface area contributed by atoms with E-state index in [-0.39, 0.29) is 18.2 Å². The normalized spacial score (nSPS) is 17.5. The van der Waals surface area contributed by atoms with Crippen LogP contribution in [0.25, 0.3) is 0 Å². The maximum Gasteiger partial charge on any atom is 0.322 e. The second-order valence-electron chi connectivity index (χ2n) is 4.64. The first kappa shape index (κ1) is 14.0. The molecule has 1 fully saturated rings. The number of hydrogen-bond acceptors (Lipinski definition) is 3. The number of carbonyl (C=O) groups excluding carboxylic acids is 3. The topological polar surface area (TPSA) is 87.3 Å². The van der Waals surface area contributed by atoms with Crippen molar-refractivity contribution in [3.05, 3.63) is 35.9 Å². The minimum atomic E-state index is -0.595. The maximum atomic E-state index is 11.6. The number of amides is 4. The predicted molar refractivity (Wildman–Crippen MR) is 72.9 cm³/mol. The first-order chi connectivity index (χ1) is 9.65. The Hall–Kier alpha value is -2.37. The van der Waals surface area contributed by atoms with Crippen molar-refractivity contribution in [3.8, 4) is 0 Å². The second-order valence-corrected chi connectivity index (χ2v) is 4.64. The Morgan fingerprint density at radius 2 is 1.95 bits per heavy atom. The summed E-state index contributed by atoms with van der Waals surface area (Å²) in [5.74, 6) is -0.484. The van der Waals surface area contributed by atoms with E-state index in [4.69, 9.17) is 0 Å². The number of nitrogens with one attached hydrogen (secondary N) is 3. The average molecular weight is 275 g/mol. The minimum absolute atomic E-state index is 0.116. The lowest BCUT2D eigenvalue weighted by Gasteiger charge is -2.08. The Morgan fingerprint density at radius 1 is 1.20 bits per heavy atom. The molecule has 0 aliphatic carbocycles. The van der Waals surface area contributed by atoms with Crippen LogP contribution in [0, 0.1) is 0 Å². The zero-order valence-electron chi connectivity index (χ0n) is 11.0. The number of benzene rings is 1. The van der Waals surface area contributed by atoms with Crippen molar-refractivity contribution in [3.63, 3.8) is 0 Å². The number of imide groups is 1. The summed E-state index contributed by atoms with van der Waals surface area (Å²) in [6.07, 6.45) is 1.30. The van der Waals surface area contributed by atoms with Crippen LogP contribution in [0.1, 0.15) is 18.4 Å². The zero-order valence-corrected chi connectivity index (χ0v) is 11.0. The number of hydrogen-bond donors (Lipinski definition) is 3. The molecular weight excluding hydrogens is 258 g/mol. The van der Waals surface area contributed by atoms with Crippen LogP contribution in [0.2, 0.25) is 0 Å². The SMILES string of the molecule is O=C(CC[C@H]1NC(=O)NC1=O)NCCc1ccccc1. The lowest BCUT2D eigenvalue weighted by molar-refractivity contribution is -0.122. The molecule has 1 atom stereocenters. The summed E-state index contributed by atoms with van der Waals surface area (Å²) in [6.45, 7) is 0.562. The fraction of sp³-hybridized carbons (Fsp3) is 0.357. The lowest BCUT2D eigenvalue weighted by Crippen LogP contribution is -2.32. The van der Waals surface area contributed by atoms with E-state index in [0.717, 1.165) is 12.0 Å². The smallest absolute Gasteiger partial charge is 0.322 e. The van der Waals surface area contributed by atoms with E-state index in [1.165, 1.54) is 0 Å². The summed E-state index contributed by atoms with van der Waals surface area (Å²) >= 11 is 0. The summed E-state index contributed by atoms with van der Waals surface area (Å²) in [6, 6.07) is 8.78. The first-order valence-electron chi connectivity index (χ1n) is 6.57. The van der Waals surface area contributed by atoms with Crippen molar-refractivity contribution in [2.24, 2.45) is 0 Å².